The lowest BCUT2D eigenvalue weighted by Crippen LogP contribution is -2.10. The molecule has 3 aromatic heterocycles. The van der Waals surface area contributed by atoms with E-state index >= 15 is 0 Å². The standard InChI is InChI=1S/C18H19N7O2/c1-11(13-4-2-3-9-19-13)20-16-8-7-15(25(26)27)18(21-16)22-17-10-14(23-24-17)12-5-6-12/h2-4,7-12H,5-6H2,1H3,(H3,20,21,22,23,24)/t11-/m0/s1. The Bertz CT molecular complexity index is 953. The average molecular weight is 365 g/mol. The van der Waals surface area contributed by atoms with Crippen molar-refractivity contribution < 1.29 is 4.92 Å². The first-order valence-electron chi connectivity index (χ1n) is 8.75. The molecule has 3 heterocycles. The van der Waals surface area contributed by atoms with Crippen molar-refractivity contribution in [3.8, 4) is 0 Å². The molecule has 9 heteroatoms. The van der Waals surface area contributed by atoms with Crippen LogP contribution >= 0.6 is 0 Å². The van der Waals surface area contributed by atoms with Gasteiger partial charge in [0, 0.05) is 29.9 Å². The Morgan fingerprint density at radius 3 is 2.81 bits per heavy atom. The van der Waals surface area contributed by atoms with Gasteiger partial charge in [0.15, 0.2) is 5.82 Å². The highest BCUT2D eigenvalue weighted by molar-refractivity contribution is 5.66. The van der Waals surface area contributed by atoms with Crippen LogP contribution < -0.4 is 10.6 Å². The van der Waals surface area contributed by atoms with Crippen LogP contribution in [-0.2, 0) is 0 Å². The lowest BCUT2D eigenvalue weighted by Gasteiger charge is -2.14. The minimum Gasteiger partial charge on any atom is -0.362 e. The van der Waals surface area contributed by atoms with E-state index in [1.54, 1.807) is 12.3 Å². The van der Waals surface area contributed by atoms with E-state index in [2.05, 4.69) is 30.8 Å². The summed E-state index contributed by atoms with van der Waals surface area (Å²) >= 11 is 0. The van der Waals surface area contributed by atoms with Crippen LogP contribution in [-0.4, -0.2) is 25.1 Å². The molecule has 9 nitrogen and oxygen atoms in total. The lowest BCUT2D eigenvalue weighted by atomic mass is 10.2. The first-order chi connectivity index (χ1) is 13.1. The van der Waals surface area contributed by atoms with Crippen molar-refractivity contribution in [2.75, 3.05) is 10.6 Å². The minimum absolute atomic E-state index is 0.0974. The molecule has 4 rings (SSSR count). The smallest absolute Gasteiger partial charge is 0.311 e. The van der Waals surface area contributed by atoms with Gasteiger partial charge in [-0.1, -0.05) is 6.07 Å². The largest absolute Gasteiger partial charge is 0.362 e. The lowest BCUT2D eigenvalue weighted by molar-refractivity contribution is -0.384. The molecule has 138 valence electrons. The molecular formula is C18H19N7O2. The Morgan fingerprint density at radius 2 is 2.11 bits per heavy atom. The summed E-state index contributed by atoms with van der Waals surface area (Å²) in [6.45, 7) is 1.95. The first-order valence-corrected chi connectivity index (χ1v) is 8.75. The fourth-order valence-corrected chi connectivity index (χ4v) is 2.82. The monoisotopic (exact) mass is 365 g/mol. The van der Waals surface area contributed by atoms with E-state index in [-0.39, 0.29) is 17.5 Å². The van der Waals surface area contributed by atoms with E-state index in [0.717, 1.165) is 24.2 Å². The van der Waals surface area contributed by atoms with Gasteiger partial charge in [0.05, 0.1) is 16.7 Å². The van der Waals surface area contributed by atoms with Crippen LogP contribution in [0.2, 0.25) is 0 Å². The summed E-state index contributed by atoms with van der Waals surface area (Å²) in [6, 6.07) is 10.5. The van der Waals surface area contributed by atoms with Crippen LogP contribution in [0.25, 0.3) is 0 Å². The predicted molar refractivity (Wildman–Crippen MR) is 101 cm³/mol. The number of aromatic amines is 1. The molecule has 0 saturated heterocycles. The Kier molecular flexibility index (Phi) is 4.41. The van der Waals surface area contributed by atoms with Gasteiger partial charge in [-0.2, -0.15) is 5.10 Å². The molecule has 0 spiro atoms. The van der Waals surface area contributed by atoms with Crippen LogP contribution in [0.1, 0.15) is 43.1 Å². The van der Waals surface area contributed by atoms with Crippen molar-refractivity contribution in [1.29, 1.82) is 0 Å². The van der Waals surface area contributed by atoms with Gasteiger partial charge >= 0.3 is 5.69 Å². The van der Waals surface area contributed by atoms with Crippen LogP contribution in [0, 0.1) is 10.1 Å². The summed E-state index contributed by atoms with van der Waals surface area (Å²) in [7, 11) is 0. The SMILES string of the molecule is C[C@H](Nc1ccc([N+](=O)[O-])c(Nc2cc(C3CC3)[nH]n2)n1)c1ccccn1. The van der Waals surface area contributed by atoms with Crippen molar-refractivity contribution in [1.82, 2.24) is 20.2 Å². The van der Waals surface area contributed by atoms with Gasteiger partial charge in [-0.15, -0.1) is 0 Å². The molecule has 27 heavy (non-hydrogen) atoms. The zero-order chi connectivity index (χ0) is 18.8. The molecular weight excluding hydrogens is 346 g/mol. The maximum absolute atomic E-state index is 11.4. The van der Waals surface area contributed by atoms with Crippen molar-refractivity contribution in [3.05, 3.63) is 64.1 Å². The number of hydrogen-bond donors (Lipinski definition) is 3. The summed E-state index contributed by atoms with van der Waals surface area (Å²) in [5.41, 5.74) is 1.79. The highest BCUT2D eigenvalue weighted by Crippen LogP contribution is 2.40. The fraction of sp³-hybridized carbons (Fsp3) is 0.278. The van der Waals surface area contributed by atoms with Crippen molar-refractivity contribution >= 4 is 23.1 Å². The number of pyridine rings is 2. The summed E-state index contributed by atoms with van der Waals surface area (Å²) < 4.78 is 0. The molecule has 3 N–H and O–H groups in total. The Balaban J connectivity index is 1.56. The molecule has 1 atom stereocenters. The van der Waals surface area contributed by atoms with E-state index in [9.17, 15) is 10.1 Å². The number of H-pyrrole nitrogens is 1. The van der Waals surface area contributed by atoms with Gasteiger partial charge in [-0.3, -0.25) is 20.2 Å². The van der Waals surface area contributed by atoms with Crippen LogP contribution in [0.15, 0.2) is 42.6 Å². The summed E-state index contributed by atoms with van der Waals surface area (Å²) in [4.78, 5) is 19.6. The van der Waals surface area contributed by atoms with Crippen LogP contribution in [0.5, 0.6) is 0 Å². The van der Waals surface area contributed by atoms with E-state index in [1.165, 1.54) is 6.07 Å². The van der Waals surface area contributed by atoms with Gasteiger partial charge < -0.3 is 10.6 Å². The fourth-order valence-electron chi connectivity index (χ4n) is 2.82. The van der Waals surface area contributed by atoms with Crippen molar-refractivity contribution in [2.24, 2.45) is 0 Å². The second kappa shape index (κ2) is 7.02. The molecule has 0 unspecified atom stereocenters. The number of anilines is 3. The second-order valence-electron chi connectivity index (χ2n) is 6.55. The number of nitrogens with one attached hydrogen (secondary N) is 3. The third-order valence-corrected chi connectivity index (χ3v) is 4.43. The first kappa shape index (κ1) is 17.0. The third kappa shape index (κ3) is 3.86. The molecule has 1 aliphatic carbocycles. The quantitative estimate of drug-likeness (QED) is 0.429. The summed E-state index contributed by atoms with van der Waals surface area (Å²) in [6.07, 6.45) is 4.01. The van der Waals surface area contributed by atoms with Gasteiger partial charge in [-0.25, -0.2) is 4.98 Å². The second-order valence-corrected chi connectivity index (χ2v) is 6.55. The Hall–Kier alpha value is -3.49. The number of aromatic nitrogens is 4. The van der Waals surface area contributed by atoms with Gasteiger partial charge in [0.1, 0.15) is 5.82 Å². The zero-order valence-corrected chi connectivity index (χ0v) is 14.7. The molecule has 1 aliphatic rings. The highest BCUT2D eigenvalue weighted by atomic mass is 16.6. The van der Waals surface area contributed by atoms with Gasteiger partial charge in [0.25, 0.3) is 0 Å². The molecule has 1 saturated carbocycles. The van der Waals surface area contributed by atoms with Crippen LogP contribution in [0.4, 0.5) is 23.1 Å². The third-order valence-electron chi connectivity index (χ3n) is 4.43. The number of hydrogen-bond acceptors (Lipinski definition) is 7. The van der Waals surface area contributed by atoms with Crippen molar-refractivity contribution in [3.63, 3.8) is 0 Å². The molecule has 0 radical (unpaired) electrons. The predicted octanol–water partition coefficient (Wildman–Crippen LogP) is 3.90. The number of rotatable bonds is 7. The molecule has 0 aromatic carbocycles. The van der Waals surface area contributed by atoms with E-state index in [1.807, 2.05) is 31.2 Å². The zero-order valence-electron chi connectivity index (χ0n) is 14.7. The average Bonchev–Trinajstić information content (AvgIpc) is 3.42. The topological polar surface area (TPSA) is 122 Å². The Labute approximate surface area is 155 Å². The molecule has 0 aliphatic heterocycles. The number of nitro groups is 1. The summed E-state index contributed by atoms with van der Waals surface area (Å²) in [5.74, 6) is 1.69. The molecule has 0 bridgehead atoms. The maximum atomic E-state index is 11.4. The highest BCUT2D eigenvalue weighted by Gasteiger charge is 2.26. The minimum atomic E-state index is -0.463. The normalized spacial score (nSPS) is 14.6. The van der Waals surface area contributed by atoms with E-state index in [0.29, 0.717) is 17.6 Å². The summed E-state index contributed by atoms with van der Waals surface area (Å²) in [5, 5.41) is 24.7. The molecule has 0 amide bonds. The van der Waals surface area contributed by atoms with Gasteiger partial charge in [-0.05, 0) is 38.0 Å². The molecule has 1 fully saturated rings. The van der Waals surface area contributed by atoms with Gasteiger partial charge in [0.2, 0.25) is 5.82 Å². The molecule has 3 aromatic rings. The van der Waals surface area contributed by atoms with E-state index in [4.69, 9.17) is 0 Å². The maximum Gasteiger partial charge on any atom is 0.311 e. The van der Waals surface area contributed by atoms with E-state index < -0.39 is 4.92 Å². The Morgan fingerprint density at radius 1 is 1.26 bits per heavy atom. The van der Waals surface area contributed by atoms with Crippen molar-refractivity contribution in [2.45, 2.75) is 31.7 Å². The number of nitrogens with zero attached hydrogens (tertiary/aromatic N) is 4. The van der Waals surface area contributed by atoms with Crippen LogP contribution in [0.3, 0.4) is 0 Å².